The van der Waals surface area contributed by atoms with Crippen molar-refractivity contribution in [1.29, 1.82) is 0 Å². The number of carbonyl (C=O) groups is 1. The van der Waals surface area contributed by atoms with Gasteiger partial charge in [-0.15, -0.1) is 0 Å². The van der Waals surface area contributed by atoms with Gasteiger partial charge in [0.15, 0.2) is 0 Å². The van der Waals surface area contributed by atoms with Crippen LogP contribution in [0.25, 0.3) is 22.2 Å². The third-order valence-electron chi connectivity index (χ3n) is 5.23. The summed E-state index contributed by atoms with van der Waals surface area (Å²) in [7, 11) is 4.03. The molecule has 2 N–H and O–H groups in total. The maximum atomic E-state index is 12.8. The van der Waals surface area contributed by atoms with Gasteiger partial charge in [-0.3, -0.25) is 9.78 Å². The Morgan fingerprint density at radius 3 is 2.61 bits per heavy atom. The molecule has 6 heteroatoms. The molecule has 144 valence electrons. The molecule has 0 unspecified atom stereocenters. The van der Waals surface area contributed by atoms with Crippen LogP contribution < -0.4 is 15.5 Å². The van der Waals surface area contributed by atoms with Crippen molar-refractivity contribution < 1.29 is 4.79 Å². The molecule has 1 saturated heterocycles. The third-order valence-corrected chi connectivity index (χ3v) is 5.23. The molecule has 0 saturated carbocycles. The van der Waals surface area contributed by atoms with Crippen LogP contribution in [0, 0.1) is 5.92 Å². The molecule has 28 heavy (non-hydrogen) atoms. The summed E-state index contributed by atoms with van der Waals surface area (Å²) in [6.07, 6.45) is 3.47. The molecule has 0 atom stereocenters. The molecule has 0 bridgehead atoms. The van der Waals surface area contributed by atoms with Crippen LogP contribution in [0.2, 0.25) is 0 Å². The van der Waals surface area contributed by atoms with Crippen molar-refractivity contribution in [3.63, 3.8) is 0 Å². The van der Waals surface area contributed by atoms with E-state index < -0.39 is 0 Å². The molecule has 1 amide bonds. The number of amides is 1. The Kier molecular flexibility index (Phi) is 5.21. The second kappa shape index (κ2) is 7.94. The lowest BCUT2D eigenvalue weighted by Crippen LogP contribution is -2.34. The average molecular weight is 375 g/mol. The number of hydrogen-bond donors (Lipinski definition) is 2. The SMILES string of the molecule is CN(C)c1ccc(-c2cc3ncccc3c(NC(=O)C3CCNCC3)n2)cc1. The molecule has 0 radical (unpaired) electrons. The minimum atomic E-state index is 0.0257. The average Bonchev–Trinajstić information content (AvgIpc) is 2.74. The fraction of sp³-hybridized carbons (Fsp3) is 0.318. The van der Waals surface area contributed by atoms with Crippen LogP contribution in [0.15, 0.2) is 48.7 Å². The highest BCUT2D eigenvalue weighted by atomic mass is 16.1. The van der Waals surface area contributed by atoms with Gasteiger partial charge in [-0.25, -0.2) is 4.98 Å². The molecule has 1 fully saturated rings. The third kappa shape index (κ3) is 3.82. The van der Waals surface area contributed by atoms with Gasteiger partial charge < -0.3 is 15.5 Å². The molecular formula is C22H25N5O. The highest BCUT2D eigenvalue weighted by molar-refractivity contribution is 6.01. The first-order chi connectivity index (χ1) is 13.6. The summed E-state index contributed by atoms with van der Waals surface area (Å²) < 4.78 is 0. The van der Waals surface area contributed by atoms with Crippen molar-refractivity contribution in [2.45, 2.75) is 12.8 Å². The van der Waals surface area contributed by atoms with Crippen molar-refractivity contribution >= 4 is 28.3 Å². The van der Waals surface area contributed by atoms with E-state index in [4.69, 9.17) is 4.98 Å². The molecule has 0 spiro atoms. The highest BCUT2D eigenvalue weighted by Gasteiger charge is 2.22. The number of nitrogens with zero attached hydrogens (tertiary/aromatic N) is 3. The fourth-order valence-electron chi connectivity index (χ4n) is 3.55. The molecule has 1 aliphatic rings. The van der Waals surface area contributed by atoms with Gasteiger partial charge in [0.05, 0.1) is 11.2 Å². The Balaban J connectivity index is 1.69. The molecule has 3 heterocycles. The highest BCUT2D eigenvalue weighted by Crippen LogP contribution is 2.28. The van der Waals surface area contributed by atoms with E-state index in [0.29, 0.717) is 5.82 Å². The Bertz CT molecular complexity index is 978. The number of aromatic nitrogens is 2. The van der Waals surface area contributed by atoms with E-state index in [0.717, 1.165) is 53.8 Å². The van der Waals surface area contributed by atoms with Crippen molar-refractivity contribution in [3.05, 3.63) is 48.7 Å². The predicted octanol–water partition coefficient (Wildman–Crippen LogP) is 3.30. The molecule has 1 aromatic carbocycles. The second-order valence-corrected chi connectivity index (χ2v) is 7.38. The summed E-state index contributed by atoms with van der Waals surface area (Å²) in [5.74, 6) is 0.651. The van der Waals surface area contributed by atoms with Gasteiger partial charge in [-0.2, -0.15) is 0 Å². The Morgan fingerprint density at radius 1 is 1.14 bits per heavy atom. The lowest BCUT2D eigenvalue weighted by atomic mass is 9.97. The lowest BCUT2D eigenvalue weighted by Gasteiger charge is -2.22. The van der Waals surface area contributed by atoms with Crippen molar-refractivity contribution in [2.75, 3.05) is 37.4 Å². The summed E-state index contributed by atoms with van der Waals surface area (Å²) in [5, 5.41) is 7.23. The number of pyridine rings is 2. The second-order valence-electron chi connectivity index (χ2n) is 7.38. The zero-order valence-corrected chi connectivity index (χ0v) is 16.3. The topological polar surface area (TPSA) is 70.2 Å². The zero-order chi connectivity index (χ0) is 19.5. The first-order valence-corrected chi connectivity index (χ1v) is 9.67. The number of benzene rings is 1. The maximum absolute atomic E-state index is 12.8. The predicted molar refractivity (Wildman–Crippen MR) is 114 cm³/mol. The van der Waals surface area contributed by atoms with Crippen LogP contribution in [0.1, 0.15) is 12.8 Å². The number of hydrogen-bond acceptors (Lipinski definition) is 5. The van der Waals surface area contributed by atoms with Gasteiger partial charge in [0.1, 0.15) is 5.82 Å². The van der Waals surface area contributed by atoms with Crippen molar-refractivity contribution in [2.24, 2.45) is 5.92 Å². The smallest absolute Gasteiger partial charge is 0.228 e. The van der Waals surface area contributed by atoms with Crippen LogP contribution >= 0.6 is 0 Å². The van der Waals surface area contributed by atoms with Crippen LogP contribution in [-0.4, -0.2) is 43.1 Å². The number of anilines is 2. The number of carbonyl (C=O) groups excluding carboxylic acids is 1. The normalized spacial score (nSPS) is 14.8. The summed E-state index contributed by atoms with van der Waals surface area (Å²) in [5.41, 5.74) is 3.75. The molecule has 6 nitrogen and oxygen atoms in total. The van der Waals surface area contributed by atoms with E-state index in [-0.39, 0.29) is 11.8 Å². The monoisotopic (exact) mass is 375 g/mol. The molecule has 3 aromatic rings. The zero-order valence-electron chi connectivity index (χ0n) is 16.3. The Labute approximate surface area is 165 Å². The largest absolute Gasteiger partial charge is 0.378 e. The summed E-state index contributed by atoms with van der Waals surface area (Å²) in [6.45, 7) is 1.76. The quantitative estimate of drug-likeness (QED) is 0.732. The number of fused-ring (bicyclic) bond motifs is 1. The van der Waals surface area contributed by atoms with Crippen LogP contribution in [0.3, 0.4) is 0 Å². The minimum absolute atomic E-state index is 0.0257. The van der Waals surface area contributed by atoms with Crippen LogP contribution in [0.5, 0.6) is 0 Å². The van der Waals surface area contributed by atoms with Gasteiger partial charge in [-0.1, -0.05) is 12.1 Å². The van der Waals surface area contributed by atoms with Crippen LogP contribution in [0.4, 0.5) is 11.5 Å². The number of nitrogens with one attached hydrogen (secondary N) is 2. The molecular weight excluding hydrogens is 350 g/mol. The van der Waals surface area contributed by atoms with Crippen molar-refractivity contribution in [3.8, 4) is 11.3 Å². The lowest BCUT2D eigenvalue weighted by molar-refractivity contribution is -0.120. The van der Waals surface area contributed by atoms with Gasteiger partial charge in [-0.05, 0) is 56.3 Å². The minimum Gasteiger partial charge on any atom is -0.378 e. The molecule has 4 rings (SSSR count). The van der Waals surface area contributed by atoms with Gasteiger partial charge in [0.2, 0.25) is 5.91 Å². The molecule has 2 aromatic heterocycles. The fourth-order valence-corrected chi connectivity index (χ4v) is 3.55. The molecule has 1 aliphatic heterocycles. The Hall–Kier alpha value is -2.99. The first-order valence-electron chi connectivity index (χ1n) is 9.67. The van der Waals surface area contributed by atoms with Crippen molar-refractivity contribution in [1.82, 2.24) is 15.3 Å². The first kappa shape index (κ1) is 18.4. The van der Waals surface area contributed by atoms with Crippen LogP contribution in [-0.2, 0) is 4.79 Å². The van der Waals surface area contributed by atoms with E-state index in [1.54, 1.807) is 6.20 Å². The van der Waals surface area contributed by atoms with E-state index in [9.17, 15) is 4.79 Å². The molecule has 0 aliphatic carbocycles. The number of rotatable bonds is 4. The Morgan fingerprint density at radius 2 is 1.89 bits per heavy atom. The van der Waals surface area contributed by atoms with Gasteiger partial charge in [0, 0.05) is 42.8 Å². The maximum Gasteiger partial charge on any atom is 0.228 e. The summed E-state index contributed by atoms with van der Waals surface area (Å²) >= 11 is 0. The van der Waals surface area contributed by atoms with E-state index in [2.05, 4.69) is 32.7 Å². The van der Waals surface area contributed by atoms with E-state index >= 15 is 0 Å². The van der Waals surface area contributed by atoms with Gasteiger partial charge >= 0.3 is 0 Å². The summed E-state index contributed by atoms with van der Waals surface area (Å²) in [6, 6.07) is 14.0. The van der Waals surface area contributed by atoms with Gasteiger partial charge in [0.25, 0.3) is 0 Å². The van der Waals surface area contributed by atoms with E-state index in [1.807, 2.05) is 44.4 Å². The standard InChI is InChI=1S/C22H25N5O/c1-27(2)17-7-5-15(6-8-17)19-14-20-18(4-3-11-24-20)21(25-19)26-22(28)16-9-12-23-13-10-16/h3-8,11,14,16,23H,9-10,12-13H2,1-2H3,(H,25,26,28). The summed E-state index contributed by atoms with van der Waals surface area (Å²) in [4.78, 5) is 24.1. The number of piperidine rings is 1. The van der Waals surface area contributed by atoms with E-state index in [1.165, 1.54) is 0 Å².